The topological polar surface area (TPSA) is 119 Å². The molecular weight excluding hydrogens is 358 g/mol. The van der Waals surface area contributed by atoms with Gasteiger partial charge in [-0.3, -0.25) is 23.5 Å². The molecule has 0 saturated heterocycles. The van der Waals surface area contributed by atoms with Crippen LogP contribution in [0.3, 0.4) is 0 Å². The van der Waals surface area contributed by atoms with Crippen molar-refractivity contribution in [3.05, 3.63) is 60.2 Å². The third-order valence-corrected chi connectivity index (χ3v) is 4.98. The molecule has 3 rings (SSSR count). The zero-order valence-electron chi connectivity index (χ0n) is 14.2. The molecule has 0 aliphatic carbocycles. The third-order valence-electron chi connectivity index (χ3n) is 4.08. The minimum atomic E-state index is -0.523. The fraction of sp³-hybridized carbons (Fsp3) is 0.312. The third kappa shape index (κ3) is 3.36. The van der Waals surface area contributed by atoms with Crippen molar-refractivity contribution in [2.24, 2.45) is 0 Å². The van der Waals surface area contributed by atoms with E-state index in [2.05, 4.69) is 15.3 Å². The highest BCUT2D eigenvalue weighted by Crippen LogP contribution is 2.11. The SMILES string of the molecule is Cc1ncn(CC(=O)NCCn2c(=O)[nH]c3ccsc3c2=O)c(=O)c1C. The van der Waals surface area contributed by atoms with Gasteiger partial charge in [0.2, 0.25) is 5.91 Å². The Bertz CT molecular complexity index is 1150. The smallest absolute Gasteiger partial charge is 0.328 e. The number of nitrogens with zero attached hydrogens (tertiary/aromatic N) is 3. The number of carbonyl (C=O) groups excluding carboxylic acids is 1. The molecule has 10 heteroatoms. The number of aryl methyl sites for hydroxylation is 1. The van der Waals surface area contributed by atoms with Gasteiger partial charge in [-0.25, -0.2) is 9.78 Å². The lowest BCUT2D eigenvalue weighted by Gasteiger charge is -2.09. The van der Waals surface area contributed by atoms with Gasteiger partial charge in [-0.15, -0.1) is 11.3 Å². The summed E-state index contributed by atoms with van der Waals surface area (Å²) in [6.07, 6.45) is 1.32. The van der Waals surface area contributed by atoms with Crippen LogP contribution in [0, 0.1) is 13.8 Å². The second kappa shape index (κ2) is 7.08. The number of nitrogens with one attached hydrogen (secondary N) is 2. The summed E-state index contributed by atoms with van der Waals surface area (Å²) in [6, 6.07) is 1.67. The van der Waals surface area contributed by atoms with E-state index in [0.29, 0.717) is 21.5 Å². The van der Waals surface area contributed by atoms with Gasteiger partial charge in [0.05, 0.1) is 11.8 Å². The van der Waals surface area contributed by atoms with Crippen LogP contribution in [0.1, 0.15) is 11.3 Å². The first-order valence-electron chi connectivity index (χ1n) is 7.88. The molecule has 0 aromatic carbocycles. The van der Waals surface area contributed by atoms with Crippen LogP contribution in [0.2, 0.25) is 0 Å². The molecule has 26 heavy (non-hydrogen) atoms. The van der Waals surface area contributed by atoms with Crippen LogP contribution in [0.5, 0.6) is 0 Å². The van der Waals surface area contributed by atoms with Gasteiger partial charge in [-0.2, -0.15) is 0 Å². The summed E-state index contributed by atoms with van der Waals surface area (Å²) in [6.45, 7) is 3.32. The normalized spacial score (nSPS) is 11.0. The molecule has 0 bridgehead atoms. The van der Waals surface area contributed by atoms with E-state index >= 15 is 0 Å². The molecule has 0 fully saturated rings. The number of aromatic amines is 1. The Morgan fingerprint density at radius 3 is 2.81 bits per heavy atom. The van der Waals surface area contributed by atoms with Crippen LogP contribution >= 0.6 is 11.3 Å². The van der Waals surface area contributed by atoms with Gasteiger partial charge in [0, 0.05) is 24.3 Å². The van der Waals surface area contributed by atoms with Crippen molar-refractivity contribution >= 4 is 27.5 Å². The largest absolute Gasteiger partial charge is 0.353 e. The summed E-state index contributed by atoms with van der Waals surface area (Å²) in [4.78, 5) is 55.0. The Morgan fingerprint density at radius 1 is 1.27 bits per heavy atom. The lowest BCUT2D eigenvalue weighted by molar-refractivity contribution is -0.121. The molecule has 9 nitrogen and oxygen atoms in total. The average molecular weight is 375 g/mol. The van der Waals surface area contributed by atoms with Crippen LogP contribution in [0.4, 0.5) is 0 Å². The van der Waals surface area contributed by atoms with Crippen LogP contribution in [-0.4, -0.2) is 31.6 Å². The molecule has 3 aromatic heterocycles. The van der Waals surface area contributed by atoms with Gasteiger partial charge in [0.15, 0.2) is 0 Å². The van der Waals surface area contributed by atoms with E-state index in [1.807, 2.05) is 0 Å². The number of amides is 1. The number of hydrogen-bond donors (Lipinski definition) is 2. The van der Waals surface area contributed by atoms with Crippen LogP contribution in [0.25, 0.3) is 10.2 Å². The first-order chi connectivity index (χ1) is 12.4. The quantitative estimate of drug-likeness (QED) is 0.637. The average Bonchev–Trinajstić information content (AvgIpc) is 3.07. The van der Waals surface area contributed by atoms with E-state index in [0.717, 1.165) is 4.57 Å². The minimum absolute atomic E-state index is 0.0355. The van der Waals surface area contributed by atoms with Crippen molar-refractivity contribution in [1.82, 2.24) is 24.4 Å². The van der Waals surface area contributed by atoms with Gasteiger partial charge in [0.25, 0.3) is 11.1 Å². The summed E-state index contributed by atoms with van der Waals surface area (Å²) in [5.74, 6) is -0.404. The second-order valence-corrected chi connectivity index (χ2v) is 6.70. The molecule has 0 radical (unpaired) electrons. The summed E-state index contributed by atoms with van der Waals surface area (Å²) in [5, 5.41) is 4.33. The Kier molecular flexibility index (Phi) is 4.85. The highest BCUT2D eigenvalue weighted by atomic mass is 32.1. The zero-order valence-corrected chi connectivity index (χ0v) is 15.1. The Hall–Kier alpha value is -3.01. The summed E-state index contributed by atoms with van der Waals surface area (Å²) in [5.41, 5.74) is 0.430. The predicted octanol–water partition coefficient (Wildman–Crippen LogP) is -0.259. The van der Waals surface area contributed by atoms with E-state index in [1.54, 1.807) is 25.3 Å². The molecule has 2 N–H and O–H groups in total. The predicted molar refractivity (Wildman–Crippen MR) is 97.7 cm³/mol. The molecular formula is C16H17N5O4S. The molecule has 0 aliphatic heterocycles. The number of hydrogen-bond acceptors (Lipinski definition) is 6. The summed E-state index contributed by atoms with van der Waals surface area (Å²) >= 11 is 1.25. The maximum atomic E-state index is 12.3. The first kappa shape index (κ1) is 17.8. The molecule has 136 valence electrons. The number of carbonyl (C=O) groups is 1. The fourth-order valence-electron chi connectivity index (χ4n) is 2.48. The monoisotopic (exact) mass is 375 g/mol. The lowest BCUT2D eigenvalue weighted by atomic mass is 10.3. The van der Waals surface area contributed by atoms with Gasteiger partial charge in [0.1, 0.15) is 11.2 Å². The molecule has 0 spiro atoms. The van der Waals surface area contributed by atoms with Gasteiger partial charge in [-0.1, -0.05) is 0 Å². The molecule has 3 aromatic rings. The molecule has 0 saturated carbocycles. The first-order valence-corrected chi connectivity index (χ1v) is 8.76. The van der Waals surface area contributed by atoms with Crippen molar-refractivity contribution in [2.75, 3.05) is 6.54 Å². The number of fused-ring (bicyclic) bond motifs is 1. The van der Waals surface area contributed by atoms with Gasteiger partial charge in [-0.05, 0) is 25.3 Å². The minimum Gasteiger partial charge on any atom is -0.353 e. The fourth-order valence-corrected chi connectivity index (χ4v) is 3.28. The van der Waals surface area contributed by atoms with Crippen LogP contribution < -0.4 is 22.1 Å². The van der Waals surface area contributed by atoms with Crippen molar-refractivity contribution in [2.45, 2.75) is 26.9 Å². The van der Waals surface area contributed by atoms with E-state index in [4.69, 9.17) is 0 Å². The molecule has 0 unspecified atom stereocenters. The summed E-state index contributed by atoms with van der Waals surface area (Å²) in [7, 11) is 0. The second-order valence-electron chi connectivity index (χ2n) is 5.79. The van der Waals surface area contributed by atoms with Gasteiger partial charge >= 0.3 is 5.69 Å². The van der Waals surface area contributed by atoms with Crippen molar-refractivity contribution in [3.8, 4) is 0 Å². The van der Waals surface area contributed by atoms with Crippen LogP contribution in [-0.2, 0) is 17.9 Å². The number of H-pyrrole nitrogens is 1. The lowest BCUT2D eigenvalue weighted by Crippen LogP contribution is -2.40. The van der Waals surface area contributed by atoms with E-state index in [-0.39, 0.29) is 30.8 Å². The maximum absolute atomic E-state index is 12.3. The number of aromatic nitrogens is 4. The molecule has 0 aliphatic rings. The molecule has 0 atom stereocenters. The van der Waals surface area contributed by atoms with Crippen LogP contribution in [0.15, 0.2) is 32.2 Å². The van der Waals surface area contributed by atoms with Crippen molar-refractivity contribution in [1.29, 1.82) is 0 Å². The highest BCUT2D eigenvalue weighted by molar-refractivity contribution is 7.17. The van der Waals surface area contributed by atoms with Crippen molar-refractivity contribution < 1.29 is 4.79 Å². The highest BCUT2D eigenvalue weighted by Gasteiger charge is 2.10. The standard InChI is InChI=1S/C16H17N5O4S/c1-9-10(2)18-8-20(14(9)23)7-12(22)17-4-5-21-15(24)13-11(3-6-26-13)19-16(21)25/h3,6,8H,4-5,7H2,1-2H3,(H,17,22)(H,19,25). The van der Waals surface area contributed by atoms with Crippen molar-refractivity contribution in [3.63, 3.8) is 0 Å². The number of rotatable bonds is 5. The number of thiophene rings is 1. The summed E-state index contributed by atoms with van der Waals surface area (Å²) < 4.78 is 2.72. The van der Waals surface area contributed by atoms with E-state index in [9.17, 15) is 19.2 Å². The zero-order chi connectivity index (χ0) is 18.8. The van der Waals surface area contributed by atoms with E-state index < -0.39 is 11.6 Å². The molecule has 3 heterocycles. The Labute approximate surface area is 150 Å². The van der Waals surface area contributed by atoms with E-state index in [1.165, 1.54) is 22.2 Å². The van der Waals surface area contributed by atoms with Gasteiger partial charge < -0.3 is 10.3 Å². The Balaban J connectivity index is 1.66. The Morgan fingerprint density at radius 2 is 2.04 bits per heavy atom. The molecule has 1 amide bonds. The maximum Gasteiger partial charge on any atom is 0.328 e.